The Labute approximate surface area is 80.8 Å². The Balaban J connectivity index is 2.88. The van der Waals surface area contributed by atoms with Crippen LogP contribution in [0.4, 0.5) is 0 Å². The van der Waals surface area contributed by atoms with Gasteiger partial charge in [-0.3, -0.25) is 4.68 Å². The van der Waals surface area contributed by atoms with E-state index in [0.717, 1.165) is 0 Å². The van der Waals surface area contributed by atoms with Crippen LogP contribution in [-0.4, -0.2) is 33.3 Å². The van der Waals surface area contributed by atoms with Crippen LogP contribution in [0.25, 0.3) is 0 Å². The highest BCUT2D eigenvalue weighted by atomic mass is 16.5. The van der Waals surface area contributed by atoms with Crippen molar-refractivity contribution in [1.29, 1.82) is 0 Å². The van der Waals surface area contributed by atoms with Gasteiger partial charge in [-0.1, -0.05) is 5.16 Å². The maximum atomic E-state index is 11.2. The molecule has 14 heavy (non-hydrogen) atoms. The van der Waals surface area contributed by atoms with Gasteiger partial charge in [0.1, 0.15) is 0 Å². The lowest BCUT2D eigenvalue weighted by Crippen LogP contribution is -2.18. The van der Waals surface area contributed by atoms with Crippen molar-refractivity contribution < 1.29 is 14.7 Å². The SMILES string of the molecule is CCOC(=O)C(=NO)c1cnn(C)c1. The van der Waals surface area contributed by atoms with Crippen molar-refractivity contribution in [2.45, 2.75) is 6.92 Å². The van der Waals surface area contributed by atoms with Crippen LogP contribution in [0, 0.1) is 0 Å². The summed E-state index contributed by atoms with van der Waals surface area (Å²) in [6, 6.07) is 0. The van der Waals surface area contributed by atoms with Crippen LogP contribution in [0.5, 0.6) is 0 Å². The minimum Gasteiger partial charge on any atom is -0.461 e. The average Bonchev–Trinajstić information content (AvgIpc) is 2.54. The zero-order valence-corrected chi connectivity index (χ0v) is 7.97. The number of aryl methyl sites for hydroxylation is 1. The number of carbonyl (C=O) groups excluding carboxylic acids is 1. The summed E-state index contributed by atoms with van der Waals surface area (Å²) in [6.07, 6.45) is 2.98. The molecule has 0 atom stereocenters. The molecule has 6 heteroatoms. The molecule has 0 radical (unpaired) electrons. The molecule has 0 aliphatic rings. The maximum absolute atomic E-state index is 11.2. The van der Waals surface area contributed by atoms with E-state index in [9.17, 15) is 4.79 Å². The van der Waals surface area contributed by atoms with Crippen LogP contribution >= 0.6 is 0 Å². The average molecular weight is 197 g/mol. The van der Waals surface area contributed by atoms with E-state index >= 15 is 0 Å². The first kappa shape index (κ1) is 10.2. The second kappa shape index (κ2) is 4.40. The molecule has 0 bridgehead atoms. The van der Waals surface area contributed by atoms with Crippen molar-refractivity contribution in [2.75, 3.05) is 6.61 Å². The summed E-state index contributed by atoms with van der Waals surface area (Å²) in [5.41, 5.74) is 0.286. The molecule has 0 saturated carbocycles. The van der Waals surface area contributed by atoms with Gasteiger partial charge in [-0.2, -0.15) is 5.10 Å². The zero-order chi connectivity index (χ0) is 10.6. The van der Waals surface area contributed by atoms with Gasteiger partial charge in [0.2, 0.25) is 0 Å². The Bertz CT molecular complexity index is 356. The number of ether oxygens (including phenoxy) is 1. The summed E-state index contributed by atoms with van der Waals surface area (Å²) < 4.78 is 6.19. The highest BCUT2D eigenvalue weighted by Crippen LogP contribution is 2.01. The van der Waals surface area contributed by atoms with E-state index in [0.29, 0.717) is 5.56 Å². The minimum absolute atomic E-state index is 0.139. The Morgan fingerprint density at radius 2 is 2.50 bits per heavy atom. The first-order chi connectivity index (χ1) is 6.69. The molecular weight excluding hydrogens is 186 g/mol. The van der Waals surface area contributed by atoms with Gasteiger partial charge in [-0.05, 0) is 6.92 Å². The minimum atomic E-state index is -0.664. The molecule has 1 N–H and O–H groups in total. The highest BCUT2D eigenvalue weighted by molar-refractivity contribution is 6.43. The predicted molar refractivity (Wildman–Crippen MR) is 48.2 cm³/mol. The fourth-order valence-electron chi connectivity index (χ4n) is 0.959. The molecular formula is C8H11N3O3. The Morgan fingerprint density at radius 3 is 2.93 bits per heavy atom. The largest absolute Gasteiger partial charge is 0.461 e. The summed E-state index contributed by atoms with van der Waals surface area (Å²) in [4.78, 5) is 11.2. The van der Waals surface area contributed by atoms with E-state index in [1.807, 2.05) is 0 Å². The first-order valence-corrected chi connectivity index (χ1v) is 4.07. The molecule has 1 aromatic heterocycles. The van der Waals surface area contributed by atoms with Gasteiger partial charge >= 0.3 is 5.97 Å². The van der Waals surface area contributed by atoms with E-state index in [-0.39, 0.29) is 12.3 Å². The number of carbonyl (C=O) groups is 1. The monoisotopic (exact) mass is 197 g/mol. The van der Waals surface area contributed by atoms with Crippen LogP contribution in [-0.2, 0) is 16.6 Å². The predicted octanol–water partition coefficient (Wildman–Crippen LogP) is 0.161. The van der Waals surface area contributed by atoms with E-state index < -0.39 is 5.97 Å². The topological polar surface area (TPSA) is 76.7 Å². The molecule has 6 nitrogen and oxygen atoms in total. The third kappa shape index (κ3) is 2.09. The normalized spacial score (nSPS) is 11.4. The molecule has 1 aromatic rings. The third-order valence-electron chi connectivity index (χ3n) is 1.55. The van der Waals surface area contributed by atoms with Gasteiger partial charge in [0.25, 0.3) is 0 Å². The lowest BCUT2D eigenvalue weighted by Gasteiger charge is -2.00. The smallest absolute Gasteiger partial charge is 0.361 e. The maximum Gasteiger partial charge on any atom is 0.361 e. The third-order valence-corrected chi connectivity index (χ3v) is 1.55. The second-order valence-electron chi connectivity index (χ2n) is 2.57. The number of nitrogens with zero attached hydrogens (tertiary/aromatic N) is 3. The standard InChI is InChI=1S/C8H11N3O3/c1-3-14-8(12)7(10-13)6-4-9-11(2)5-6/h4-5,13H,3H2,1-2H3. The Kier molecular flexibility index (Phi) is 3.22. The van der Waals surface area contributed by atoms with Gasteiger partial charge < -0.3 is 9.94 Å². The first-order valence-electron chi connectivity index (χ1n) is 4.07. The van der Waals surface area contributed by atoms with Crippen LogP contribution in [0.1, 0.15) is 12.5 Å². The fourth-order valence-corrected chi connectivity index (χ4v) is 0.959. The molecule has 0 unspecified atom stereocenters. The van der Waals surface area contributed by atoms with Gasteiger partial charge in [0.15, 0.2) is 5.71 Å². The van der Waals surface area contributed by atoms with Crippen molar-refractivity contribution in [3.63, 3.8) is 0 Å². The molecule has 0 spiro atoms. The van der Waals surface area contributed by atoms with Gasteiger partial charge in [-0.15, -0.1) is 0 Å². The molecule has 76 valence electrons. The number of rotatable bonds is 3. The summed E-state index contributed by atoms with van der Waals surface area (Å²) in [6.45, 7) is 1.91. The van der Waals surface area contributed by atoms with E-state index in [4.69, 9.17) is 9.94 Å². The van der Waals surface area contributed by atoms with Crippen LogP contribution in [0.15, 0.2) is 17.5 Å². The van der Waals surface area contributed by atoms with Crippen molar-refractivity contribution in [3.05, 3.63) is 18.0 Å². The van der Waals surface area contributed by atoms with E-state index in [2.05, 4.69) is 10.3 Å². The Hall–Kier alpha value is -1.85. The van der Waals surface area contributed by atoms with Gasteiger partial charge in [0, 0.05) is 18.8 Å². The van der Waals surface area contributed by atoms with Crippen LogP contribution in [0.2, 0.25) is 0 Å². The molecule has 0 aromatic carbocycles. The lowest BCUT2D eigenvalue weighted by atomic mass is 10.2. The quantitative estimate of drug-likeness (QED) is 0.324. The Morgan fingerprint density at radius 1 is 1.79 bits per heavy atom. The van der Waals surface area contributed by atoms with Gasteiger partial charge in [0.05, 0.1) is 12.8 Å². The van der Waals surface area contributed by atoms with E-state index in [1.165, 1.54) is 10.9 Å². The van der Waals surface area contributed by atoms with Crippen LogP contribution in [0.3, 0.4) is 0 Å². The zero-order valence-electron chi connectivity index (χ0n) is 7.97. The van der Waals surface area contributed by atoms with Crippen molar-refractivity contribution in [2.24, 2.45) is 12.2 Å². The van der Waals surface area contributed by atoms with Crippen molar-refractivity contribution in [3.8, 4) is 0 Å². The highest BCUT2D eigenvalue weighted by Gasteiger charge is 2.17. The van der Waals surface area contributed by atoms with Gasteiger partial charge in [-0.25, -0.2) is 4.79 Å². The number of esters is 1. The molecule has 0 aliphatic carbocycles. The summed E-state index contributed by atoms with van der Waals surface area (Å²) in [5, 5.41) is 15.4. The molecule has 0 amide bonds. The van der Waals surface area contributed by atoms with Crippen LogP contribution < -0.4 is 0 Å². The number of aromatic nitrogens is 2. The second-order valence-corrected chi connectivity index (χ2v) is 2.57. The molecule has 1 heterocycles. The van der Waals surface area contributed by atoms with E-state index in [1.54, 1.807) is 20.2 Å². The summed E-state index contributed by atoms with van der Waals surface area (Å²) in [7, 11) is 1.70. The molecule has 1 rings (SSSR count). The summed E-state index contributed by atoms with van der Waals surface area (Å²) in [5.74, 6) is -0.664. The van der Waals surface area contributed by atoms with Crippen molar-refractivity contribution in [1.82, 2.24) is 9.78 Å². The molecule has 0 saturated heterocycles. The fraction of sp³-hybridized carbons (Fsp3) is 0.375. The summed E-state index contributed by atoms with van der Waals surface area (Å²) >= 11 is 0. The lowest BCUT2D eigenvalue weighted by molar-refractivity contribution is -0.135. The van der Waals surface area contributed by atoms with Crippen molar-refractivity contribution >= 4 is 11.7 Å². The molecule has 0 aliphatic heterocycles. The number of hydrogen-bond donors (Lipinski definition) is 1. The molecule has 0 fully saturated rings. The number of oxime groups is 1. The number of hydrogen-bond acceptors (Lipinski definition) is 5.